The van der Waals surface area contributed by atoms with E-state index in [9.17, 15) is 22.8 Å². The van der Waals surface area contributed by atoms with E-state index in [1.165, 1.54) is 0 Å². The lowest BCUT2D eigenvalue weighted by molar-refractivity contribution is -0.125. The molecule has 0 aliphatic carbocycles. The molecule has 3 nitrogen and oxygen atoms in total. The third kappa shape index (κ3) is 1.95. The zero-order valence-electron chi connectivity index (χ0n) is 8.14. The fourth-order valence-electron chi connectivity index (χ4n) is 1.63. The molecule has 1 aliphatic heterocycles. The Morgan fingerprint density at radius 1 is 1.00 bits per heavy atom. The maximum absolute atomic E-state index is 13.4. The van der Waals surface area contributed by atoms with E-state index in [0.29, 0.717) is 12.1 Å². The van der Waals surface area contributed by atoms with Crippen LogP contribution in [0.25, 0.3) is 0 Å². The first kappa shape index (κ1) is 12.1. The summed E-state index contributed by atoms with van der Waals surface area (Å²) in [5, 5.41) is 1.97. The molecule has 1 N–H and O–H groups in total. The van der Waals surface area contributed by atoms with Gasteiger partial charge in [-0.3, -0.25) is 14.9 Å². The molecule has 1 aliphatic rings. The molecule has 0 radical (unpaired) electrons. The van der Waals surface area contributed by atoms with Crippen molar-refractivity contribution >= 4 is 27.7 Å². The number of hydrogen-bond donors (Lipinski definition) is 1. The third-order valence-electron chi connectivity index (χ3n) is 2.45. The van der Waals surface area contributed by atoms with Crippen LogP contribution < -0.4 is 5.32 Å². The zero-order chi connectivity index (χ0) is 12.7. The van der Waals surface area contributed by atoms with Gasteiger partial charge in [-0.05, 0) is 6.07 Å². The monoisotopic (exact) mass is 307 g/mol. The molecule has 1 heterocycles. The summed E-state index contributed by atoms with van der Waals surface area (Å²) < 4.78 is 39.2. The van der Waals surface area contributed by atoms with Crippen molar-refractivity contribution < 1.29 is 22.8 Å². The van der Waals surface area contributed by atoms with Gasteiger partial charge in [-0.25, -0.2) is 13.2 Å². The van der Waals surface area contributed by atoms with E-state index in [4.69, 9.17) is 0 Å². The number of carbonyl (C=O) groups excluding carboxylic acids is 2. The molecule has 90 valence electrons. The number of carbonyl (C=O) groups is 2. The van der Waals surface area contributed by atoms with E-state index in [1.54, 1.807) is 0 Å². The Morgan fingerprint density at radius 3 is 2.12 bits per heavy atom. The van der Waals surface area contributed by atoms with Crippen molar-refractivity contribution in [3.8, 4) is 0 Å². The van der Waals surface area contributed by atoms with E-state index in [1.807, 2.05) is 5.32 Å². The van der Waals surface area contributed by atoms with Gasteiger partial charge in [0.15, 0.2) is 11.6 Å². The third-order valence-corrected chi connectivity index (χ3v) is 3.39. The molecule has 0 spiro atoms. The van der Waals surface area contributed by atoms with Gasteiger partial charge in [0.1, 0.15) is 10.6 Å². The number of nitrogens with one attached hydrogen (secondary N) is 1. The predicted molar refractivity (Wildman–Crippen MR) is 54.9 cm³/mol. The van der Waals surface area contributed by atoms with Gasteiger partial charge in [0.25, 0.3) is 0 Å². The molecule has 0 aromatic heterocycles. The van der Waals surface area contributed by atoms with Crippen LogP contribution in [0, 0.1) is 17.5 Å². The molecule has 2 atom stereocenters. The Bertz CT molecular complexity index is 521. The smallest absolute Gasteiger partial charge is 0.241 e. The van der Waals surface area contributed by atoms with Crippen molar-refractivity contribution in [3.05, 3.63) is 35.1 Å². The van der Waals surface area contributed by atoms with E-state index in [2.05, 4.69) is 15.9 Å². The largest absolute Gasteiger partial charge is 0.295 e. The van der Waals surface area contributed by atoms with Crippen molar-refractivity contribution in [1.82, 2.24) is 5.32 Å². The average molecular weight is 308 g/mol. The van der Waals surface area contributed by atoms with E-state index in [-0.39, 0.29) is 5.56 Å². The molecular weight excluding hydrogens is 303 g/mol. The van der Waals surface area contributed by atoms with Gasteiger partial charge in [-0.1, -0.05) is 15.9 Å². The van der Waals surface area contributed by atoms with Crippen LogP contribution in [0.4, 0.5) is 13.2 Å². The van der Waals surface area contributed by atoms with Gasteiger partial charge in [-0.15, -0.1) is 0 Å². The lowest BCUT2D eigenvalue weighted by Gasteiger charge is -2.11. The Kier molecular flexibility index (Phi) is 2.94. The van der Waals surface area contributed by atoms with Crippen LogP contribution >= 0.6 is 15.9 Å². The van der Waals surface area contributed by atoms with Crippen molar-refractivity contribution in [3.63, 3.8) is 0 Å². The van der Waals surface area contributed by atoms with Crippen molar-refractivity contribution in [2.75, 3.05) is 0 Å². The highest BCUT2D eigenvalue weighted by Gasteiger charge is 2.42. The first-order valence-electron chi connectivity index (χ1n) is 4.55. The minimum atomic E-state index is -1.35. The highest BCUT2D eigenvalue weighted by molar-refractivity contribution is 9.10. The van der Waals surface area contributed by atoms with Crippen molar-refractivity contribution in [1.29, 1.82) is 0 Å². The van der Waals surface area contributed by atoms with Crippen LogP contribution in [0.15, 0.2) is 12.1 Å². The fourth-order valence-corrected chi connectivity index (χ4v) is 2.27. The van der Waals surface area contributed by atoms with Gasteiger partial charge in [0.05, 0.1) is 5.92 Å². The Hall–Kier alpha value is -1.37. The Balaban J connectivity index is 2.51. The number of rotatable bonds is 1. The summed E-state index contributed by atoms with van der Waals surface area (Å²) in [6.45, 7) is 0. The standard InChI is InChI=1S/C10H5BrF3NO2/c11-8-7(9(16)15-10(8)17)3-1-5(13)6(14)2-4(3)12/h1-2,7-8H,(H,15,16,17). The van der Waals surface area contributed by atoms with E-state index in [0.717, 1.165) is 0 Å². The second-order valence-electron chi connectivity index (χ2n) is 3.52. The number of alkyl halides is 1. The number of amides is 2. The lowest BCUT2D eigenvalue weighted by Crippen LogP contribution is -2.22. The van der Waals surface area contributed by atoms with Crippen LogP contribution in [0.3, 0.4) is 0 Å². The maximum atomic E-state index is 13.4. The first-order valence-corrected chi connectivity index (χ1v) is 5.46. The van der Waals surface area contributed by atoms with Crippen LogP contribution in [-0.2, 0) is 9.59 Å². The van der Waals surface area contributed by atoms with Gasteiger partial charge in [0, 0.05) is 11.6 Å². The number of benzene rings is 1. The van der Waals surface area contributed by atoms with Crippen LogP contribution in [-0.4, -0.2) is 16.6 Å². The second kappa shape index (κ2) is 4.14. The molecule has 1 fully saturated rings. The average Bonchev–Trinajstić information content (AvgIpc) is 2.48. The molecule has 0 bridgehead atoms. The Morgan fingerprint density at radius 2 is 1.59 bits per heavy atom. The van der Waals surface area contributed by atoms with Crippen LogP contribution in [0.5, 0.6) is 0 Å². The molecule has 17 heavy (non-hydrogen) atoms. The molecule has 1 aromatic rings. The molecule has 2 unspecified atom stereocenters. The predicted octanol–water partition coefficient (Wildman–Crippen LogP) is 1.61. The summed E-state index contributed by atoms with van der Waals surface area (Å²) in [6, 6.07) is 0.933. The van der Waals surface area contributed by atoms with E-state index < -0.39 is 40.0 Å². The number of imide groups is 1. The van der Waals surface area contributed by atoms with Crippen molar-refractivity contribution in [2.24, 2.45) is 0 Å². The molecule has 0 saturated carbocycles. The summed E-state index contributed by atoms with van der Waals surface area (Å²) >= 11 is 2.91. The van der Waals surface area contributed by atoms with Crippen LogP contribution in [0.2, 0.25) is 0 Å². The minimum absolute atomic E-state index is 0.348. The Labute approximate surface area is 102 Å². The van der Waals surface area contributed by atoms with Gasteiger partial charge in [0.2, 0.25) is 11.8 Å². The molecule has 1 saturated heterocycles. The van der Waals surface area contributed by atoms with Gasteiger partial charge in [-0.2, -0.15) is 0 Å². The highest BCUT2D eigenvalue weighted by atomic mass is 79.9. The quantitative estimate of drug-likeness (QED) is 0.487. The number of halogens is 4. The highest BCUT2D eigenvalue weighted by Crippen LogP contribution is 2.32. The normalized spacial score (nSPS) is 24.0. The molecule has 2 amide bonds. The molecule has 2 rings (SSSR count). The van der Waals surface area contributed by atoms with E-state index >= 15 is 0 Å². The second-order valence-corrected chi connectivity index (χ2v) is 4.51. The minimum Gasteiger partial charge on any atom is -0.295 e. The fraction of sp³-hybridized carbons (Fsp3) is 0.200. The number of hydrogen-bond acceptors (Lipinski definition) is 2. The maximum Gasteiger partial charge on any atom is 0.241 e. The topological polar surface area (TPSA) is 46.2 Å². The SMILES string of the molecule is O=C1NC(=O)C(c2cc(F)c(F)cc2F)C1Br. The first-order chi connectivity index (χ1) is 7.91. The summed E-state index contributed by atoms with van der Waals surface area (Å²) in [7, 11) is 0. The summed E-state index contributed by atoms with van der Waals surface area (Å²) in [5.74, 6) is -6.26. The van der Waals surface area contributed by atoms with Gasteiger partial charge < -0.3 is 0 Å². The zero-order valence-corrected chi connectivity index (χ0v) is 9.72. The van der Waals surface area contributed by atoms with Crippen LogP contribution in [0.1, 0.15) is 11.5 Å². The molecule has 1 aromatic carbocycles. The van der Waals surface area contributed by atoms with Gasteiger partial charge >= 0.3 is 0 Å². The summed E-state index contributed by atoms with van der Waals surface area (Å²) in [6.07, 6.45) is 0. The lowest BCUT2D eigenvalue weighted by atomic mass is 9.96. The summed E-state index contributed by atoms with van der Waals surface area (Å²) in [4.78, 5) is 21.6. The summed E-state index contributed by atoms with van der Waals surface area (Å²) in [5.41, 5.74) is -0.353. The van der Waals surface area contributed by atoms with Crippen molar-refractivity contribution in [2.45, 2.75) is 10.7 Å². The molecular formula is C10H5BrF3NO2. The molecule has 7 heteroatoms.